The van der Waals surface area contributed by atoms with Crippen LogP contribution in [0.2, 0.25) is 0 Å². The molecule has 3 N–H and O–H groups in total. The van der Waals surface area contributed by atoms with Gasteiger partial charge in [-0.2, -0.15) is 0 Å². The van der Waals surface area contributed by atoms with Crippen molar-refractivity contribution in [2.24, 2.45) is 0 Å². The third-order valence-electron chi connectivity index (χ3n) is 3.08. The maximum Gasteiger partial charge on any atom is 0.251 e. The first kappa shape index (κ1) is 16.0. The number of hydrogen-bond donors (Lipinski definition) is 2. The second-order valence-corrected chi connectivity index (χ2v) is 5.61. The number of carbonyl (C=O) groups is 1. The normalized spacial score (nSPS) is 10.4. The Morgan fingerprint density at radius 1 is 1.21 bits per heavy atom. The van der Waals surface area contributed by atoms with E-state index in [0.29, 0.717) is 11.3 Å². The zero-order valence-electron chi connectivity index (χ0n) is 11.5. The Hall–Kier alpha value is -1.03. The molecular formula is C15H23BrN2O. The van der Waals surface area contributed by atoms with Crippen LogP contribution in [0.15, 0.2) is 22.7 Å². The fraction of sp³-hybridized carbons (Fsp3) is 0.533. The molecule has 19 heavy (non-hydrogen) atoms. The fourth-order valence-corrected chi connectivity index (χ4v) is 2.26. The van der Waals surface area contributed by atoms with Crippen LogP contribution in [-0.4, -0.2) is 12.5 Å². The van der Waals surface area contributed by atoms with E-state index in [1.165, 1.54) is 32.1 Å². The molecule has 0 aliphatic heterocycles. The molecule has 0 saturated carbocycles. The van der Waals surface area contributed by atoms with Gasteiger partial charge in [0.2, 0.25) is 0 Å². The van der Waals surface area contributed by atoms with Gasteiger partial charge in [-0.25, -0.2) is 0 Å². The summed E-state index contributed by atoms with van der Waals surface area (Å²) >= 11 is 3.33. The highest BCUT2D eigenvalue weighted by Crippen LogP contribution is 2.20. The quantitative estimate of drug-likeness (QED) is 0.557. The summed E-state index contributed by atoms with van der Waals surface area (Å²) in [6, 6.07) is 5.24. The minimum absolute atomic E-state index is 0.0331. The molecule has 0 atom stereocenters. The van der Waals surface area contributed by atoms with Gasteiger partial charge in [0.25, 0.3) is 5.91 Å². The SMILES string of the molecule is CCCCCCCCNC(=O)c1ccc(N)c(Br)c1. The lowest BCUT2D eigenvalue weighted by molar-refractivity contribution is 0.0953. The number of carbonyl (C=O) groups excluding carboxylic acids is 1. The smallest absolute Gasteiger partial charge is 0.251 e. The van der Waals surface area contributed by atoms with E-state index < -0.39 is 0 Å². The van der Waals surface area contributed by atoms with E-state index in [9.17, 15) is 4.79 Å². The molecule has 0 spiro atoms. The van der Waals surface area contributed by atoms with Crippen molar-refractivity contribution in [2.75, 3.05) is 12.3 Å². The number of nitrogen functional groups attached to an aromatic ring is 1. The number of hydrogen-bond acceptors (Lipinski definition) is 2. The van der Waals surface area contributed by atoms with Gasteiger partial charge in [0.15, 0.2) is 0 Å². The highest BCUT2D eigenvalue weighted by atomic mass is 79.9. The van der Waals surface area contributed by atoms with Crippen molar-refractivity contribution in [1.82, 2.24) is 5.32 Å². The van der Waals surface area contributed by atoms with Gasteiger partial charge in [0, 0.05) is 22.3 Å². The molecule has 0 fully saturated rings. The largest absolute Gasteiger partial charge is 0.398 e. The van der Waals surface area contributed by atoms with E-state index in [1.54, 1.807) is 18.2 Å². The average Bonchev–Trinajstić information content (AvgIpc) is 2.40. The van der Waals surface area contributed by atoms with Gasteiger partial charge in [-0.3, -0.25) is 4.79 Å². The number of anilines is 1. The summed E-state index contributed by atoms with van der Waals surface area (Å²) in [5.74, 6) is -0.0331. The highest BCUT2D eigenvalue weighted by molar-refractivity contribution is 9.10. The Balaban J connectivity index is 2.22. The van der Waals surface area contributed by atoms with Crippen molar-refractivity contribution >= 4 is 27.5 Å². The van der Waals surface area contributed by atoms with Gasteiger partial charge in [-0.1, -0.05) is 39.0 Å². The monoisotopic (exact) mass is 326 g/mol. The topological polar surface area (TPSA) is 55.1 Å². The second kappa shape index (κ2) is 8.97. The van der Waals surface area contributed by atoms with E-state index in [-0.39, 0.29) is 5.91 Å². The number of unbranched alkanes of at least 4 members (excludes halogenated alkanes) is 5. The molecule has 1 amide bonds. The first-order valence-corrected chi connectivity index (χ1v) is 7.77. The Morgan fingerprint density at radius 3 is 2.58 bits per heavy atom. The minimum Gasteiger partial charge on any atom is -0.398 e. The van der Waals surface area contributed by atoms with Crippen LogP contribution in [0.5, 0.6) is 0 Å². The predicted molar refractivity (Wildman–Crippen MR) is 84.3 cm³/mol. The number of rotatable bonds is 8. The number of amides is 1. The van der Waals surface area contributed by atoms with E-state index in [0.717, 1.165) is 17.4 Å². The summed E-state index contributed by atoms with van der Waals surface area (Å²) in [5, 5.41) is 2.94. The molecule has 0 aliphatic rings. The summed E-state index contributed by atoms with van der Waals surface area (Å²) < 4.78 is 0.764. The molecule has 4 heteroatoms. The highest BCUT2D eigenvalue weighted by Gasteiger charge is 2.06. The molecule has 106 valence electrons. The van der Waals surface area contributed by atoms with Crippen LogP contribution in [0, 0.1) is 0 Å². The van der Waals surface area contributed by atoms with Crippen molar-refractivity contribution in [3.8, 4) is 0 Å². The Morgan fingerprint density at radius 2 is 1.89 bits per heavy atom. The number of nitrogens with one attached hydrogen (secondary N) is 1. The summed E-state index contributed by atoms with van der Waals surface area (Å²) in [4.78, 5) is 11.9. The average molecular weight is 327 g/mol. The van der Waals surface area contributed by atoms with Crippen LogP contribution in [0.4, 0.5) is 5.69 Å². The Kier molecular flexibility index (Phi) is 7.56. The predicted octanol–water partition coefficient (Wildman–Crippen LogP) is 4.12. The van der Waals surface area contributed by atoms with Gasteiger partial charge in [0.1, 0.15) is 0 Å². The van der Waals surface area contributed by atoms with Gasteiger partial charge in [-0.15, -0.1) is 0 Å². The van der Waals surface area contributed by atoms with Crippen LogP contribution in [0.1, 0.15) is 55.8 Å². The van der Waals surface area contributed by atoms with E-state index in [2.05, 4.69) is 28.2 Å². The summed E-state index contributed by atoms with van der Waals surface area (Å²) in [7, 11) is 0. The number of benzene rings is 1. The molecule has 0 aromatic heterocycles. The summed E-state index contributed by atoms with van der Waals surface area (Å²) in [6.45, 7) is 2.96. The molecule has 1 rings (SSSR count). The Labute approximate surface area is 124 Å². The molecule has 0 unspecified atom stereocenters. The molecule has 0 heterocycles. The lowest BCUT2D eigenvalue weighted by Crippen LogP contribution is -2.24. The molecular weight excluding hydrogens is 304 g/mol. The molecule has 3 nitrogen and oxygen atoms in total. The van der Waals surface area contributed by atoms with Crippen molar-refractivity contribution in [3.63, 3.8) is 0 Å². The standard InChI is InChI=1S/C15H23BrN2O/c1-2-3-4-5-6-7-10-18-15(19)12-8-9-14(17)13(16)11-12/h8-9,11H,2-7,10,17H2,1H3,(H,18,19). The third-order valence-corrected chi connectivity index (χ3v) is 3.77. The minimum atomic E-state index is -0.0331. The Bertz CT molecular complexity index is 407. The summed E-state index contributed by atoms with van der Waals surface area (Å²) in [5.41, 5.74) is 6.98. The maximum atomic E-state index is 11.9. The van der Waals surface area contributed by atoms with Crippen LogP contribution < -0.4 is 11.1 Å². The second-order valence-electron chi connectivity index (χ2n) is 4.76. The van der Waals surface area contributed by atoms with Crippen molar-refractivity contribution in [1.29, 1.82) is 0 Å². The van der Waals surface area contributed by atoms with Crippen LogP contribution in [-0.2, 0) is 0 Å². The van der Waals surface area contributed by atoms with Crippen molar-refractivity contribution < 1.29 is 4.79 Å². The van der Waals surface area contributed by atoms with Gasteiger partial charge in [-0.05, 0) is 40.5 Å². The zero-order chi connectivity index (χ0) is 14.1. The first-order chi connectivity index (χ1) is 9.15. The molecule has 0 aliphatic carbocycles. The van der Waals surface area contributed by atoms with Crippen LogP contribution in [0.25, 0.3) is 0 Å². The van der Waals surface area contributed by atoms with E-state index in [1.807, 2.05) is 0 Å². The molecule has 0 radical (unpaired) electrons. The number of nitrogens with two attached hydrogens (primary N) is 1. The molecule has 0 saturated heterocycles. The van der Waals surface area contributed by atoms with Crippen molar-refractivity contribution in [2.45, 2.75) is 45.4 Å². The van der Waals surface area contributed by atoms with Gasteiger partial charge < -0.3 is 11.1 Å². The summed E-state index contributed by atoms with van der Waals surface area (Å²) in [6.07, 6.45) is 7.37. The van der Waals surface area contributed by atoms with Crippen LogP contribution >= 0.6 is 15.9 Å². The maximum absolute atomic E-state index is 11.9. The molecule has 0 bridgehead atoms. The number of halogens is 1. The lowest BCUT2D eigenvalue weighted by Gasteiger charge is -2.06. The first-order valence-electron chi connectivity index (χ1n) is 6.98. The molecule has 1 aromatic carbocycles. The van der Waals surface area contributed by atoms with E-state index in [4.69, 9.17) is 5.73 Å². The lowest BCUT2D eigenvalue weighted by atomic mass is 10.1. The van der Waals surface area contributed by atoms with Gasteiger partial charge in [0.05, 0.1) is 0 Å². The molecule has 1 aromatic rings. The van der Waals surface area contributed by atoms with Crippen LogP contribution in [0.3, 0.4) is 0 Å². The van der Waals surface area contributed by atoms with Gasteiger partial charge >= 0.3 is 0 Å². The fourth-order valence-electron chi connectivity index (χ4n) is 1.88. The van der Waals surface area contributed by atoms with E-state index >= 15 is 0 Å². The van der Waals surface area contributed by atoms with Crippen molar-refractivity contribution in [3.05, 3.63) is 28.2 Å². The third kappa shape index (κ3) is 6.10. The zero-order valence-corrected chi connectivity index (χ0v) is 13.1.